The molecule has 0 fully saturated rings. The summed E-state index contributed by atoms with van der Waals surface area (Å²) in [6.45, 7) is 0.0272. The molecule has 0 aliphatic heterocycles. The van der Waals surface area contributed by atoms with E-state index in [-0.39, 0.29) is 17.5 Å². The van der Waals surface area contributed by atoms with Crippen molar-refractivity contribution in [3.63, 3.8) is 0 Å². The molecule has 0 aliphatic carbocycles. The molecule has 1 heterocycles. The molecule has 26 heavy (non-hydrogen) atoms. The Bertz CT molecular complexity index is 925. The van der Waals surface area contributed by atoms with E-state index in [0.29, 0.717) is 28.5 Å². The van der Waals surface area contributed by atoms with Crippen LogP contribution in [0.25, 0.3) is 11.4 Å². The minimum Gasteiger partial charge on any atom is -0.496 e. The minimum atomic E-state index is -0.475. The van der Waals surface area contributed by atoms with Crippen LogP contribution >= 0.6 is 11.6 Å². The van der Waals surface area contributed by atoms with E-state index in [1.165, 1.54) is 13.2 Å². The normalized spacial score (nSPS) is 10.4. The van der Waals surface area contributed by atoms with E-state index in [1.54, 1.807) is 19.2 Å². The lowest BCUT2D eigenvalue weighted by Crippen LogP contribution is -2.02. The number of aromatic nitrogens is 2. The SMILES string of the molecule is COC(=O)c1ccc(OCc2nc(-c3ccccc3OC)no2)c(Cl)c1. The van der Waals surface area contributed by atoms with Crippen molar-refractivity contribution in [3.8, 4) is 22.9 Å². The van der Waals surface area contributed by atoms with E-state index in [4.69, 9.17) is 25.6 Å². The Labute approximate surface area is 154 Å². The van der Waals surface area contributed by atoms with Crippen LogP contribution in [-0.2, 0) is 11.3 Å². The van der Waals surface area contributed by atoms with Gasteiger partial charge in [0.15, 0.2) is 6.61 Å². The van der Waals surface area contributed by atoms with Gasteiger partial charge in [0, 0.05) is 0 Å². The topological polar surface area (TPSA) is 83.7 Å². The van der Waals surface area contributed by atoms with Crippen LogP contribution in [0, 0.1) is 0 Å². The number of nitrogens with zero attached hydrogens (tertiary/aromatic N) is 2. The van der Waals surface area contributed by atoms with Crippen molar-refractivity contribution >= 4 is 17.6 Å². The monoisotopic (exact) mass is 374 g/mol. The van der Waals surface area contributed by atoms with Gasteiger partial charge in [-0.3, -0.25) is 0 Å². The van der Waals surface area contributed by atoms with Gasteiger partial charge in [0.2, 0.25) is 5.82 Å². The highest BCUT2D eigenvalue weighted by atomic mass is 35.5. The van der Waals surface area contributed by atoms with E-state index in [2.05, 4.69) is 14.9 Å². The summed E-state index contributed by atoms with van der Waals surface area (Å²) in [7, 11) is 2.87. The first kappa shape index (κ1) is 17.8. The molecule has 7 nitrogen and oxygen atoms in total. The summed E-state index contributed by atoms with van der Waals surface area (Å²) in [6, 6.07) is 11.9. The van der Waals surface area contributed by atoms with Crippen molar-refractivity contribution in [1.29, 1.82) is 0 Å². The van der Waals surface area contributed by atoms with E-state index in [1.807, 2.05) is 24.3 Å². The minimum absolute atomic E-state index is 0.0272. The Morgan fingerprint density at radius 1 is 1.15 bits per heavy atom. The van der Waals surface area contributed by atoms with Crippen LogP contribution in [0.5, 0.6) is 11.5 Å². The van der Waals surface area contributed by atoms with Crippen LogP contribution < -0.4 is 9.47 Å². The highest BCUT2D eigenvalue weighted by molar-refractivity contribution is 6.32. The first-order valence-corrected chi connectivity index (χ1v) is 7.97. The molecule has 0 saturated heterocycles. The smallest absolute Gasteiger partial charge is 0.337 e. The van der Waals surface area contributed by atoms with Crippen molar-refractivity contribution < 1.29 is 23.5 Å². The zero-order valence-corrected chi connectivity index (χ0v) is 14.8. The molecule has 8 heteroatoms. The molecule has 134 valence electrons. The van der Waals surface area contributed by atoms with Crippen LogP contribution in [0.2, 0.25) is 5.02 Å². The Balaban J connectivity index is 1.71. The van der Waals surface area contributed by atoms with E-state index >= 15 is 0 Å². The van der Waals surface area contributed by atoms with Crippen LogP contribution in [0.1, 0.15) is 16.2 Å². The van der Waals surface area contributed by atoms with Crippen LogP contribution in [0.4, 0.5) is 0 Å². The van der Waals surface area contributed by atoms with Crippen LogP contribution in [0.15, 0.2) is 47.0 Å². The molecule has 1 aromatic heterocycles. The van der Waals surface area contributed by atoms with Gasteiger partial charge in [-0.25, -0.2) is 4.79 Å². The van der Waals surface area contributed by atoms with E-state index in [9.17, 15) is 4.79 Å². The average molecular weight is 375 g/mol. The van der Waals surface area contributed by atoms with Gasteiger partial charge in [-0.05, 0) is 30.3 Å². The first-order valence-electron chi connectivity index (χ1n) is 7.59. The van der Waals surface area contributed by atoms with Gasteiger partial charge < -0.3 is 18.7 Å². The highest BCUT2D eigenvalue weighted by Gasteiger charge is 2.14. The molecule has 0 spiro atoms. The van der Waals surface area contributed by atoms with E-state index < -0.39 is 5.97 Å². The van der Waals surface area contributed by atoms with Gasteiger partial charge in [0.1, 0.15) is 11.5 Å². The number of benzene rings is 2. The van der Waals surface area contributed by atoms with Crippen LogP contribution in [-0.4, -0.2) is 30.3 Å². The van der Waals surface area contributed by atoms with Crippen molar-refractivity contribution in [2.45, 2.75) is 6.61 Å². The lowest BCUT2D eigenvalue weighted by atomic mass is 10.2. The predicted octanol–water partition coefficient (Wildman–Crippen LogP) is 3.76. The lowest BCUT2D eigenvalue weighted by Gasteiger charge is -2.07. The molecular formula is C18H15ClN2O5. The Hall–Kier alpha value is -3.06. The molecule has 3 rings (SSSR count). The molecular weight excluding hydrogens is 360 g/mol. The third kappa shape index (κ3) is 3.78. The molecule has 0 aliphatic rings. The standard InChI is InChI=1S/C18H15ClN2O5/c1-23-14-6-4-3-5-12(14)17-20-16(26-21-17)10-25-15-8-7-11(9-13(15)19)18(22)24-2/h3-9H,10H2,1-2H3. The zero-order chi connectivity index (χ0) is 18.5. The molecule has 0 saturated carbocycles. The molecule has 0 amide bonds. The number of methoxy groups -OCH3 is 2. The Morgan fingerprint density at radius 2 is 1.96 bits per heavy atom. The molecule has 0 N–H and O–H groups in total. The highest BCUT2D eigenvalue weighted by Crippen LogP contribution is 2.28. The third-order valence-corrected chi connectivity index (χ3v) is 3.82. The fourth-order valence-corrected chi connectivity index (χ4v) is 2.49. The van der Waals surface area contributed by atoms with Gasteiger partial charge in [-0.15, -0.1) is 0 Å². The predicted molar refractivity (Wildman–Crippen MR) is 93.4 cm³/mol. The molecule has 2 aromatic carbocycles. The number of carbonyl (C=O) groups is 1. The Kier molecular flexibility index (Phi) is 5.38. The van der Waals surface area contributed by atoms with Gasteiger partial charge in [0.25, 0.3) is 5.89 Å². The summed E-state index contributed by atoms with van der Waals surface area (Å²) in [6.07, 6.45) is 0. The molecule has 0 atom stereocenters. The maximum Gasteiger partial charge on any atom is 0.337 e. The number of hydrogen-bond donors (Lipinski definition) is 0. The lowest BCUT2D eigenvalue weighted by molar-refractivity contribution is 0.0600. The second-order valence-corrected chi connectivity index (χ2v) is 5.54. The molecule has 0 unspecified atom stereocenters. The van der Waals surface area contributed by atoms with Crippen molar-refractivity contribution in [2.24, 2.45) is 0 Å². The summed E-state index contributed by atoms with van der Waals surface area (Å²) < 4.78 is 20.7. The van der Waals surface area contributed by atoms with Crippen molar-refractivity contribution in [1.82, 2.24) is 10.1 Å². The summed E-state index contributed by atoms with van der Waals surface area (Å²) >= 11 is 6.12. The third-order valence-electron chi connectivity index (χ3n) is 3.52. The number of hydrogen-bond acceptors (Lipinski definition) is 7. The molecule has 0 bridgehead atoms. The zero-order valence-electron chi connectivity index (χ0n) is 14.1. The van der Waals surface area contributed by atoms with Gasteiger partial charge in [0.05, 0.1) is 30.4 Å². The number of para-hydroxylation sites is 1. The van der Waals surface area contributed by atoms with Crippen molar-refractivity contribution in [3.05, 3.63) is 58.9 Å². The summed E-state index contributed by atoms with van der Waals surface area (Å²) in [5.41, 5.74) is 1.05. The van der Waals surface area contributed by atoms with Gasteiger partial charge in [-0.1, -0.05) is 28.9 Å². The fraction of sp³-hybridized carbons (Fsp3) is 0.167. The van der Waals surface area contributed by atoms with Crippen molar-refractivity contribution in [2.75, 3.05) is 14.2 Å². The summed E-state index contributed by atoms with van der Waals surface area (Å²) in [5, 5.41) is 4.21. The maximum absolute atomic E-state index is 11.5. The Morgan fingerprint density at radius 3 is 2.69 bits per heavy atom. The van der Waals surface area contributed by atoms with E-state index in [0.717, 1.165) is 0 Å². The molecule has 0 radical (unpaired) electrons. The number of esters is 1. The maximum atomic E-state index is 11.5. The van der Waals surface area contributed by atoms with Gasteiger partial charge >= 0.3 is 5.97 Å². The second kappa shape index (κ2) is 7.88. The first-order chi connectivity index (χ1) is 12.6. The van der Waals surface area contributed by atoms with Gasteiger partial charge in [-0.2, -0.15) is 4.98 Å². The number of rotatable bonds is 6. The largest absolute Gasteiger partial charge is 0.496 e. The fourth-order valence-electron chi connectivity index (χ4n) is 2.25. The molecule has 3 aromatic rings. The quantitative estimate of drug-likeness (QED) is 0.607. The summed E-state index contributed by atoms with van der Waals surface area (Å²) in [4.78, 5) is 15.8. The number of ether oxygens (including phenoxy) is 3. The number of halogens is 1. The second-order valence-electron chi connectivity index (χ2n) is 5.14. The average Bonchev–Trinajstić information content (AvgIpc) is 3.15. The number of carbonyl (C=O) groups excluding carboxylic acids is 1. The van der Waals surface area contributed by atoms with Crippen LogP contribution in [0.3, 0.4) is 0 Å². The summed E-state index contributed by atoms with van der Waals surface area (Å²) in [5.74, 6) is 1.22.